The summed E-state index contributed by atoms with van der Waals surface area (Å²) in [5.41, 5.74) is 0.956. The maximum Gasteiger partial charge on any atom is 0.145 e. The van der Waals surface area contributed by atoms with Gasteiger partial charge in [0.1, 0.15) is 11.6 Å². The molecule has 1 heterocycles. The SMILES string of the molecule is Cc1nc2cc(O)ccc2cc1F. The van der Waals surface area contributed by atoms with Gasteiger partial charge in [-0.1, -0.05) is 0 Å². The molecule has 0 saturated heterocycles. The lowest BCUT2D eigenvalue weighted by Crippen LogP contribution is -1.88. The number of fused-ring (bicyclic) bond motifs is 1. The van der Waals surface area contributed by atoms with Gasteiger partial charge >= 0.3 is 0 Å². The molecule has 2 nitrogen and oxygen atoms in total. The summed E-state index contributed by atoms with van der Waals surface area (Å²) in [6.07, 6.45) is 0. The van der Waals surface area contributed by atoms with Crippen LogP contribution in [0.4, 0.5) is 4.39 Å². The molecule has 1 aromatic heterocycles. The van der Waals surface area contributed by atoms with E-state index in [1.165, 1.54) is 18.2 Å². The Morgan fingerprint density at radius 1 is 1.31 bits per heavy atom. The van der Waals surface area contributed by atoms with Crippen molar-refractivity contribution in [3.63, 3.8) is 0 Å². The first-order valence-electron chi connectivity index (χ1n) is 3.93. The number of pyridine rings is 1. The van der Waals surface area contributed by atoms with Crippen molar-refractivity contribution < 1.29 is 9.50 Å². The van der Waals surface area contributed by atoms with Gasteiger partial charge in [0, 0.05) is 11.5 Å². The van der Waals surface area contributed by atoms with Crippen molar-refractivity contribution in [1.29, 1.82) is 0 Å². The normalized spacial score (nSPS) is 10.6. The zero-order chi connectivity index (χ0) is 9.42. The first kappa shape index (κ1) is 7.98. The zero-order valence-electron chi connectivity index (χ0n) is 7.08. The van der Waals surface area contributed by atoms with Crippen LogP contribution in [-0.2, 0) is 0 Å². The second-order valence-electron chi connectivity index (χ2n) is 2.93. The number of phenolic OH excluding ortho intramolecular Hbond substituents is 1. The molecule has 66 valence electrons. The topological polar surface area (TPSA) is 33.1 Å². The highest BCUT2D eigenvalue weighted by Gasteiger charge is 2.02. The van der Waals surface area contributed by atoms with Crippen LogP contribution in [0.15, 0.2) is 24.3 Å². The molecule has 13 heavy (non-hydrogen) atoms. The maximum atomic E-state index is 13.0. The molecule has 0 fully saturated rings. The fourth-order valence-electron chi connectivity index (χ4n) is 1.23. The summed E-state index contributed by atoms with van der Waals surface area (Å²) in [4.78, 5) is 4.00. The number of aryl methyl sites for hydroxylation is 1. The number of aromatic hydroxyl groups is 1. The molecule has 0 saturated carbocycles. The van der Waals surface area contributed by atoms with Crippen LogP contribution >= 0.6 is 0 Å². The number of benzene rings is 1. The number of hydrogen-bond donors (Lipinski definition) is 1. The van der Waals surface area contributed by atoms with Gasteiger partial charge in [-0.25, -0.2) is 9.37 Å². The van der Waals surface area contributed by atoms with Crippen molar-refractivity contribution in [2.45, 2.75) is 6.92 Å². The van der Waals surface area contributed by atoms with E-state index in [1.807, 2.05) is 0 Å². The predicted octanol–water partition coefficient (Wildman–Crippen LogP) is 2.39. The van der Waals surface area contributed by atoms with Crippen LogP contribution in [0.2, 0.25) is 0 Å². The summed E-state index contributed by atoms with van der Waals surface area (Å²) >= 11 is 0. The third-order valence-corrected chi connectivity index (χ3v) is 1.93. The van der Waals surface area contributed by atoms with E-state index < -0.39 is 0 Å². The summed E-state index contributed by atoms with van der Waals surface area (Å²) in [5, 5.41) is 9.85. The summed E-state index contributed by atoms with van der Waals surface area (Å²) in [6, 6.07) is 6.08. The van der Waals surface area contributed by atoms with E-state index in [-0.39, 0.29) is 11.6 Å². The Morgan fingerprint density at radius 2 is 2.08 bits per heavy atom. The average molecular weight is 177 g/mol. The second kappa shape index (κ2) is 2.69. The molecule has 2 rings (SSSR count). The van der Waals surface area contributed by atoms with Gasteiger partial charge in [0.05, 0.1) is 11.2 Å². The third kappa shape index (κ3) is 1.33. The number of rotatable bonds is 0. The lowest BCUT2D eigenvalue weighted by atomic mass is 10.2. The smallest absolute Gasteiger partial charge is 0.145 e. The predicted molar refractivity (Wildman–Crippen MR) is 48.1 cm³/mol. The fraction of sp³-hybridized carbons (Fsp3) is 0.100. The van der Waals surface area contributed by atoms with E-state index in [0.717, 1.165) is 0 Å². The lowest BCUT2D eigenvalue weighted by molar-refractivity contribution is 0.476. The van der Waals surface area contributed by atoms with Crippen molar-refractivity contribution in [3.8, 4) is 5.75 Å². The van der Waals surface area contributed by atoms with E-state index in [2.05, 4.69) is 4.98 Å². The highest BCUT2D eigenvalue weighted by molar-refractivity contribution is 5.80. The molecule has 1 aromatic carbocycles. The van der Waals surface area contributed by atoms with E-state index in [9.17, 15) is 4.39 Å². The maximum absolute atomic E-state index is 13.0. The van der Waals surface area contributed by atoms with Crippen molar-refractivity contribution in [3.05, 3.63) is 35.8 Å². The fourth-order valence-corrected chi connectivity index (χ4v) is 1.23. The molecule has 1 N–H and O–H groups in total. The summed E-state index contributed by atoms with van der Waals surface area (Å²) in [6.45, 7) is 1.60. The first-order chi connectivity index (χ1) is 6.16. The minimum atomic E-state index is -0.321. The van der Waals surface area contributed by atoms with Gasteiger partial charge in [0.25, 0.3) is 0 Å². The molecule has 0 spiro atoms. The molecule has 0 atom stereocenters. The van der Waals surface area contributed by atoms with Crippen LogP contribution in [0.5, 0.6) is 5.75 Å². The molecule has 0 bridgehead atoms. The standard InChI is InChI=1S/C10H8FNO/c1-6-9(11)4-7-2-3-8(13)5-10(7)12-6/h2-5,13H,1H3. The Bertz CT molecular complexity index is 468. The number of hydrogen-bond acceptors (Lipinski definition) is 2. The van der Waals surface area contributed by atoms with Crippen LogP contribution < -0.4 is 0 Å². The Kier molecular flexibility index (Phi) is 1.65. The van der Waals surface area contributed by atoms with Crippen LogP contribution in [0, 0.1) is 12.7 Å². The lowest BCUT2D eigenvalue weighted by Gasteiger charge is -2.00. The van der Waals surface area contributed by atoms with Gasteiger partial charge in [0.2, 0.25) is 0 Å². The van der Waals surface area contributed by atoms with Crippen molar-refractivity contribution in [1.82, 2.24) is 4.98 Å². The minimum absolute atomic E-state index is 0.144. The molecule has 3 heteroatoms. The molecule has 0 aliphatic rings. The molecule has 0 aliphatic heterocycles. The van der Waals surface area contributed by atoms with E-state index in [4.69, 9.17) is 5.11 Å². The van der Waals surface area contributed by atoms with Crippen LogP contribution in [0.25, 0.3) is 10.9 Å². The Balaban J connectivity index is 2.81. The molecule has 0 radical (unpaired) electrons. The largest absolute Gasteiger partial charge is 0.508 e. The summed E-state index contributed by atoms with van der Waals surface area (Å²) in [7, 11) is 0. The van der Waals surface area contributed by atoms with Gasteiger partial charge in [-0.05, 0) is 25.1 Å². The molecular weight excluding hydrogens is 169 g/mol. The Labute approximate surface area is 74.7 Å². The highest BCUT2D eigenvalue weighted by atomic mass is 19.1. The van der Waals surface area contributed by atoms with Gasteiger partial charge < -0.3 is 5.11 Å². The van der Waals surface area contributed by atoms with Gasteiger partial charge in [-0.3, -0.25) is 0 Å². The average Bonchev–Trinajstić information content (AvgIpc) is 2.08. The molecule has 0 aliphatic carbocycles. The number of phenols is 1. The van der Waals surface area contributed by atoms with Crippen molar-refractivity contribution in [2.75, 3.05) is 0 Å². The molecule has 0 unspecified atom stereocenters. The number of halogens is 1. The van der Waals surface area contributed by atoms with Gasteiger partial charge in [-0.15, -0.1) is 0 Å². The summed E-state index contributed by atoms with van der Waals surface area (Å²) in [5.74, 6) is -0.177. The second-order valence-corrected chi connectivity index (χ2v) is 2.93. The third-order valence-electron chi connectivity index (χ3n) is 1.93. The quantitative estimate of drug-likeness (QED) is 0.670. The van der Waals surface area contributed by atoms with E-state index in [1.54, 1.807) is 13.0 Å². The van der Waals surface area contributed by atoms with Crippen LogP contribution in [-0.4, -0.2) is 10.1 Å². The summed E-state index contributed by atoms with van der Waals surface area (Å²) < 4.78 is 13.0. The van der Waals surface area contributed by atoms with Crippen LogP contribution in [0.1, 0.15) is 5.69 Å². The highest BCUT2D eigenvalue weighted by Crippen LogP contribution is 2.19. The molecular formula is C10H8FNO. The van der Waals surface area contributed by atoms with Crippen molar-refractivity contribution in [2.24, 2.45) is 0 Å². The van der Waals surface area contributed by atoms with Gasteiger partial charge in [0.15, 0.2) is 0 Å². The van der Waals surface area contributed by atoms with E-state index in [0.29, 0.717) is 16.6 Å². The number of aromatic nitrogens is 1. The van der Waals surface area contributed by atoms with Crippen LogP contribution in [0.3, 0.4) is 0 Å². The van der Waals surface area contributed by atoms with Crippen molar-refractivity contribution >= 4 is 10.9 Å². The number of nitrogens with zero attached hydrogens (tertiary/aromatic N) is 1. The minimum Gasteiger partial charge on any atom is -0.508 e. The zero-order valence-corrected chi connectivity index (χ0v) is 7.08. The monoisotopic (exact) mass is 177 g/mol. The molecule has 0 amide bonds. The Hall–Kier alpha value is -1.64. The van der Waals surface area contributed by atoms with Gasteiger partial charge in [-0.2, -0.15) is 0 Å². The Morgan fingerprint density at radius 3 is 2.85 bits per heavy atom. The first-order valence-corrected chi connectivity index (χ1v) is 3.93. The van der Waals surface area contributed by atoms with E-state index >= 15 is 0 Å². The molecule has 2 aromatic rings.